The van der Waals surface area contributed by atoms with Crippen molar-refractivity contribution >= 4 is 17.6 Å². The lowest BCUT2D eigenvalue weighted by atomic mass is 9.80. The number of esters is 2. The highest BCUT2D eigenvalue weighted by Gasteiger charge is 2.37. The first-order valence-corrected chi connectivity index (χ1v) is 8.88. The highest BCUT2D eigenvalue weighted by Crippen LogP contribution is 2.39. The van der Waals surface area contributed by atoms with Crippen LogP contribution in [-0.4, -0.2) is 39.8 Å². The van der Waals surface area contributed by atoms with Crippen molar-refractivity contribution in [2.24, 2.45) is 0 Å². The fourth-order valence-corrected chi connectivity index (χ4v) is 3.36. The Labute approximate surface area is 165 Å². The molecule has 1 aromatic rings. The molecule has 0 unspecified atom stereocenters. The second-order valence-corrected chi connectivity index (χ2v) is 6.54. The van der Waals surface area contributed by atoms with E-state index in [9.17, 15) is 9.59 Å². The molecule has 7 heteroatoms. The van der Waals surface area contributed by atoms with Crippen LogP contribution in [0.4, 0.5) is 5.69 Å². The minimum absolute atomic E-state index is 0.374. The summed E-state index contributed by atoms with van der Waals surface area (Å²) in [4.78, 5) is 26.9. The summed E-state index contributed by atoms with van der Waals surface area (Å²) in [6, 6.07) is 9.69. The van der Waals surface area contributed by atoms with E-state index in [1.807, 2.05) is 36.2 Å². The summed E-state index contributed by atoms with van der Waals surface area (Å²) in [6.07, 6.45) is 0.426. The highest BCUT2D eigenvalue weighted by atomic mass is 16.5. The first kappa shape index (κ1) is 21.0. The fourth-order valence-electron chi connectivity index (χ4n) is 3.36. The van der Waals surface area contributed by atoms with Crippen LogP contribution in [0, 0.1) is 11.3 Å². The largest absolute Gasteiger partial charge is 0.466 e. The summed E-state index contributed by atoms with van der Waals surface area (Å²) in [5.74, 6) is -1.60. The molecule has 0 fully saturated rings. The summed E-state index contributed by atoms with van der Waals surface area (Å²) >= 11 is 0. The number of carbonyl (C=O) groups excluding carboxylic acids is 2. The van der Waals surface area contributed by atoms with Crippen molar-refractivity contribution in [3.63, 3.8) is 0 Å². The number of carbonyl (C=O) groups is 2. The molecule has 0 spiro atoms. The van der Waals surface area contributed by atoms with Gasteiger partial charge in [0.2, 0.25) is 0 Å². The molecule has 2 rings (SSSR count). The van der Waals surface area contributed by atoms with E-state index in [4.69, 9.17) is 14.7 Å². The zero-order valence-electron chi connectivity index (χ0n) is 16.8. The van der Waals surface area contributed by atoms with Gasteiger partial charge in [0.05, 0.1) is 43.8 Å². The van der Waals surface area contributed by atoms with Gasteiger partial charge in [0.1, 0.15) is 0 Å². The van der Waals surface area contributed by atoms with Crippen LogP contribution in [0.3, 0.4) is 0 Å². The number of allylic oxidation sites excluding steroid dienone is 2. The van der Waals surface area contributed by atoms with Crippen LogP contribution in [0.5, 0.6) is 0 Å². The van der Waals surface area contributed by atoms with Crippen LogP contribution in [0.1, 0.15) is 31.7 Å². The normalized spacial score (nSPS) is 14.3. The van der Waals surface area contributed by atoms with Gasteiger partial charge in [-0.15, -0.1) is 0 Å². The van der Waals surface area contributed by atoms with Gasteiger partial charge in [-0.25, -0.2) is 9.59 Å². The smallest absolute Gasteiger partial charge is 0.336 e. The minimum atomic E-state index is -0.598. The van der Waals surface area contributed by atoms with Gasteiger partial charge in [-0.05, 0) is 31.5 Å². The number of dihydropyridines is 1. The molecule has 0 aliphatic carbocycles. The monoisotopic (exact) mass is 383 g/mol. The average Bonchev–Trinajstić information content (AvgIpc) is 2.70. The van der Waals surface area contributed by atoms with Crippen molar-refractivity contribution in [1.29, 1.82) is 5.26 Å². The number of hydrogen-bond donors (Lipinski definition) is 1. The number of anilines is 1. The molecule has 1 N–H and O–H groups in total. The number of nitrogens with one attached hydrogen (secondary N) is 1. The molecule has 0 amide bonds. The summed E-state index contributed by atoms with van der Waals surface area (Å²) in [6.45, 7) is 4.17. The van der Waals surface area contributed by atoms with E-state index in [1.54, 1.807) is 13.8 Å². The molecule has 1 aliphatic rings. The zero-order valence-corrected chi connectivity index (χ0v) is 16.8. The Bertz CT molecular complexity index is 825. The molecule has 0 bridgehead atoms. The van der Waals surface area contributed by atoms with Gasteiger partial charge in [0, 0.05) is 30.7 Å². The van der Waals surface area contributed by atoms with Crippen molar-refractivity contribution in [1.82, 2.24) is 5.32 Å². The summed E-state index contributed by atoms with van der Waals surface area (Å²) < 4.78 is 9.93. The summed E-state index contributed by atoms with van der Waals surface area (Å²) in [7, 11) is 4.54. The Morgan fingerprint density at radius 2 is 1.57 bits per heavy atom. The highest BCUT2D eigenvalue weighted by molar-refractivity contribution is 5.99. The second kappa shape index (κ2) is 9.09. The first-order valence-electron chi connectivity index (χ1n) is 8.88. The van der Waals surface area contributed by atoms with Gasteiger partial charge in [-0.1, -0.05) is 12.1 Å². The van der Waals surface area contributed by atoms with Crippen molar-refractivity contribution in [2.75, 3.05) is 32.7 Å². The van der Waals surface area contributed by atoms with Crippen molar-refractivity contribution in [2.45, 2.75) is 26.2 Å². The molecular weight excluding hydrogens is 358 g/mol. The number of nitriles is 1. The number of nitrogens with zero attached hydrogens (tertiary/aromatic N) is 2. The van der Waals surface area contributed by atoms with Gasteiger partial charge in [0.25, 0.3) is 0 Å². The predicted molar refractivity (Wildman–Crippen MR) is 105 cm³/mol. The third-order valence-electron chi connectivity index (χ3n) is 4.80. The van der Waals surface area contributed by atoms with Gasteiger partial charge in [-0.3, -0.25) is 0 Å². The quantitative estimate of drug-likeness (QED) is 0.755. The van der Waals surface area contributed by atoms with Gasteiger partial charge < -0.3 is 19.7 Å². The molecule has 1 heterocycles. The predicted octanol–water partition coefficient (Wildman–Crippen LogP) is 2.62. The Hall–Kier alpha value is -3.27. The Kier molecular flexibility index (Phi) is 6.83. The van der Waals surface area contributed by atoms with E-state index in [2.05, 4.69) is 11.4 Å². The number of ether oxygens (including phenoxy) is 2. The standard InChI is InChI=1S/C21H25N3O4/c1-13-17(20(25)27-4)19(18(14(2)23-13)21(26)28-5)15-7-9-16(10-8-15)24(3)12-6-11-22/h7-10,19,23H,6,12H2,1-5H3. The van der Waals surface area contributed by atoms with Crippen LogP contribution in [0.15, 0.2) is 46.8 Å². The minimum Gasteiger partial charge on any atom is -0.466 e. The maximum Gasteiger partial charge on any atom is 0.336 e. The maximum absolute atomic E-state index is 12.5. The van der Waals surface area contributed by atoms with Crippen LogP contribution in [-0.2, 0) is 19.1 Å². The lowest BCUT2D eigenvalue weighted by Gasteiger charge is -2.30. The molecule has 148 valence electrons. The third-order valence-corrected chi connectivity index (χ3v) is 4.80. The molecular formula is C21H25N3O4. The molecule has 28 heavy (non-hydrogen) atoms. The Balaban J connectivity index is 2.52. The molecule has 0 aromatic heterocycles. The van der Waals surface area contributed by atoms with Crippen molar-refractivity contribution in [3.05, 3.63) is 52.4 Å². The zero-order chi connectivity index (χ0) is 20.8. The van der Waals surface area contributed by atoms with E-state index < -0.39 is 17.9 Å². The van der Waals surface area contributed by atoms with Crippen LogP contribution in [0.2, 0.25) is 0 Å². The lowest BCUT2D eigenvalue weighted by Crippen LogP contribution is -2.32. The molecule has 7 nitrogen and oxygen atoms in total. The Morgan fingerprint density at radius 3 is 2.00 bits per heavy atom. The number of benzene rings is 1. The average molecular weight is 383 g/mol. The van der Waals surface area contributed by atoms with Crippen molar-refractivity contribution < 1.29 is 19.1 Å². The lowest BCUT2D eigenvalue weighted by molar-refractivity contribution is -0.137. The summed E-state index contributed by atoms with van der Waals surface area (Å²) in [5, 5.41) is 11.8. The van der Waals surface area contributed by atoms with Crippen molar-refractivity contribution in [3.8, 4) is 6.07 Å². The molecule has 0 saturated carbocycles. The van der Waals surface area contributed by atoms with Gasteiger partial charge >= 0.3 is 11.9 Å². The number of rotatable bonds is 6. The van der Waals surface area contributed by atoms with Crippen LogP contribution >= 0.6 is 0 Å². The topological polar surface area (TPSA) is 91.7 Å². The van der Waals surface area contributed by atoms with Gasteiger partial charge in [0.15, 0.2) is 0 Å². The first-order chi connectivity index (χ1) is 13.3. The molecule has 0 atom stereocenters. The molecule has 1 aliphatic heterocycles. The molecule has 1 aromatic carbocycles. The van der Waals surface area contributed by atoms with E-state index in [1.165, 1.54) is 14.2 Å². The van der Waals surface area contributed by atoms with E-state index in [0.717, 1.165) is 11.3 Å². The van der Waals surface area contributed by atoms with Crippen LogP contribution < -0.4 is 10.2 Å². The maximum atomic E-state index is 12.5. The van der Waals surface area contributed by atoms with Gasteiger partial charge in [-0.2, -0.15) is 5.26 Å². The SMILES string of the molecule is COC(=O)C1=C(C)NC(C)=C(C(=O)OC)C1c1ccc(N(C)CCC#N)cc1. The van der Waals surface area contributed by atoms with E-state index in [0.29, 0.717) is 35.5 Å². The Morgan fingerprint density at radius 1 is 1.07 bits per heavy atom. The second-order valence-electron chi connectivity index (χ2n) is 6.54. The summed E-state index contributed by atoms with van der Waals surface area (Å²) in [5.41, 5.74) is 3.74. The molecule has 0 radical (unpaired) electrons. The van der Waals surface area contributed by atoms with E-state index in [-0.39, 0.29) is 0 Å². The van der Waals surface area contributed by atoms with E-state index >= 15 is 0 Å². The number of methoxy groups -OCH3 is 2. The third kappa shape index (κ3) is 4.17. The fraction of sp³-hybridized carbons (Fsp3) is 0.381. The molecule has 0 saturated heterocycles. The number of hydrogen-bond acceptors (Lipinski definition) is 7. The van der Waals surface area contributed by atoms with Crippen LogP contribution in [0.25, 0.3) is 0 Å².